The van der Waals surface area contributed by atoms with E-state index in [1.807, 2.05) is 0 Å². The van der Waals surface area contributed by atoms with Crippen LogP contribution < -0.4 is 0 Å². The Morgan fingerprint density at radius 3 is 2.22 bits per heavy atom. The summed E-state index contributed by atoms with van der Waals surface area (Å²) < 4.78 is 82.3. The Kier molecular flexibility index (Phi) is 8.30. The van der Waals surface area contributed by atoms with Gasteiger partial charge in [0.1, 0.15) is 17.2 Å². The third-order valence-corrected chi connectivity index (χ3v) is 6.08. The first-order valence-corrected chi connectivity index (χ1v) is 12.6. The predicted molar refractivity (Wildman–Crippen MR) is 142 cm³/mol. The summed E-state index contributed by atoms with van der Waals surface area (Å²) in [6, 6.07) is 12.4. The number of carbonyl (C=O) groups is 1. The monoisotopic (exact) mass is 573 g/mol. The molecule has 41 heavy (non-hydrogen) atoms. The fraction of sp³-hybridized carbons (Fsp3) is 0.300. The number of rotatable bonds is 7. The highest BCUT2D eigenvalue weighted by atomic mass is 19.4. The van der Waals surface area contributed by atoms with Gasteiger partial charge in [-0.2, -0.15) is 18.2 Å². The van der Waals surface area contributed by atoms with Gasteiger partial charge in [0.2, 0.25) is 5.82 Å². The largest absolute Gasteiger partial charge is 0.459 e. The van der Waals surface area contributed by atoms with Gasteiger partial charge >= 0.3 is 12.1 Å². The molecule has 0 aliphatic carbocycles. The van der Waals surface area contributed by atoms with E-state index < -0.39 is 34.9 Å². The Labute approximate surface area is 233 Å². The third-order valence-electron chi connectivity index (χ3n) is 6.08. The number of ether oxygens (including phenoxy) is 1. The summed E-state index contributed by atoms with van der Waals surface area (Å²) in [5.41, 5.74) is -0.844. The average molecular weight is 574 g/mol. The SMILES string of the molecule is Cc1ccccc1-c1ccc(-c2nc(-c3cc(F)c(CN(C)CC(=O)OC(C)(C)C)c(F)c3)no2)cc1C(F)(F)F. The fourth-order valence-electron chi connectivity index (χ4n) is 4.28. The molecule has 11 heteroatoms. The summed E-state index contributed by atoms with van der Waals surface area (Å²) in [4.78, 5) is 17.5. The molecule has 0 radical (unpaired) electrons. The summed E-state index contributed by atoms with van der Waals surface area (Å²) in [5, 5.41) is 3.72. The number of aryl methyl sites for hydroxylation is 1. The van der Waals surface area contributed by atoms with E-state index in [9.17, 15) is 26.7 Å². The number of hydrogen-bond donors (Lipinski definition) is 0. The van der Waals surface area contributed by atoms with Gasteiger partial charge in [0.15, 0.2) is 0 Å². The van der Waals surface area contributed by atoms with Crippen molar-refractivity contribution >= 4 is 5.97 Å². The number of nitrogens with zero attached hydrogens (tertiary/aromatic N) is 3. The van der Waals surface area contributed by atoms with Gasteiger partial charge in [-0.05, 0) is 75.7 Å². The van der Waals surface area contributed by atoms with Gasteiger partial charge in [0, 0.05) is 23.2 Å². The zero-order chi connectivity index (χ0) is 30.1. The van der Waals surface area contributed by atoms with Crippen molar-refractivity contribution in [3.05, 3.63) is 82.9 Å². The van der Waals surface area contributed by atoms with Gasteiger partial charge in [-0.25, -0.2) is 8.78 Å². The molecule has 0 fully saturated rings. The maximum atomic E-state index is 14.9. The molecule has 0 spiro atoms. The van der Waals surface area contributed by atoms with Crippen LogP contribution in [-0.4, -0.2) is 40.2 Å². The number of likely N-dealkylation sites (N-methyl/N-ethyl adjacent to an activating group) is 1. The highest BCUT2D eigenvalue weighted by Crippen LogP contribution is 2.40. The van der Waals surface area contributed by atoms with Gasteiger partial charge in [0.05, 0.1) is 12.1 Å². The van der Waals surface area contributed by atoms with Gasteiger partial charge in [0.25, 0.3) is 5.89 Å². The minimum atomic E-state index is -4.67. The first kappa shape index (κ1) is 29.9. The molecule has 1 heterocycles. The number of esters is 1. The topological polar surface area (TPSA) is 68.5 Å². The van der Waals surface area contributed by atoms with Crippen molar-refractivity contribution in [3.8, 4) is 34.0 Å². The predicted octanol–water partition coefficient (Wildman–Crippen LogP) is 7.45. The van der Waals surface area contributed by atoms with E-state index in [1.54, 1.807) is 52.0 Å². The van der Waals surface area contributed by atoms with E-state index in [4.69, 9.17) is 9.26 Å². The van der Waals surface area contributed by atoms with Crippen LogP contribution >= 0.6 is 0 Å². The molecule has 0 aliphatic rings. The van der Waals surface area contributed by atoms with E-state index in [0.717, 1.165) is 18.2 Å². The van der Waals surface area contributed by atoms with Crippen LogP contribution in [0.2, 0.25) is 0 Å². The average Bonchev–Trinajstić information content (AvgIpc) is 3.35. The van der Waals surface area contributed by atoms with Crippen LogP contribution in [0, 0.1) is 18.6 Å². The summed E-state index contributed by atoms with van der Waals surface area (Å²) in [5.74, 6) is -2.82. The maximum absolute atomic E-state index is 14.9. The fourth-order valence-corrected chi connectivity index (χ4v) is 4.28. The molecule has 0 atom stereocenters. The number of carbonyl (C=O) groups excluding carboxylic acids is 1. The van der Waals surface area contributed by atoms with Crippen molar-refractivity contribution in [3.63, 3.8) is 0 Å². The molecule has 0 amide bonds. The van der Waals surface area contributed by atoms with Crippen LogP contribution in [0.4, 0.5) is 22.0 Å². The van der Waals surface area contributed by atoms with E-state index in [1.165, 1.54) is 24.1 Å². The van der Waals surface area contributed by atoms with Crippen LogP contribution in [0.3, 0.4) is 0 Å². The lowest BCUT2D eigenvalue weighted by atomic mass is 9.94. The van der Waals surface area contributed by atoms with Crippen molar-refractivity contribution < 1.29 is 36.0 Å². The zero-order valence-electron chi connectivity index (χ0n) is 23.1. The van der Waals surface area contributed by atoms with E-state index in [2.05, 4.69) is 10.1 Å². The Morgan fingerprint density at radius 1 is 0.951 bits per heavy atom. The van der Waals surface area contributed by atoms with Gasteiger partial charge in [-0.15, -0.1) is 0 Å². The summed E-state index contributed by atoms with van der Waals surface area (Å²) in [6.07, 6.45) is -4.67. The Morgan fingerprint density at radius 2 is 1.61 bits per heavy atom. The molecular formula is C30H28F5N3O3. The van der Waals surface area contributed by atoms with Crippen LogP contribution in [0.15, 0.2) is 59.1 Å². The van der Waals surface area contributed by atoms with Crippen molar-refractivity contribution in [2.24, 2.45) is 0 Å². The standard InChI is InChI=1S/C30H28F5N3O3/c1-17-8-6-7-9-20(17)21-11-10-18(12-23(21)30(33,34)35)28-36-27(37-41-28)19-13-24(31)22(25(32)14-19)15-38(5)16-26(39)40-29(2,3)4/h6-14H,15-16H2,1-5H3. The summed E-state index contributed by atoms with van der Waals surface area (Å²) in [7, 11) is 1.52. The quantitative estimate of drug-likeness (QED) is 0.169. The minimum absolute atomic E-state index is 0.00421. The van der Waals surface area contributed by atoms with Crippen LogP contribution in [0.25, 0.3) is 34.0 Å². The lowest BCUT2D eigenvalue weighted by Gasteiger charge is -2.22. The molecule has 0 aliphatic heterocycles. The van der Waals surface area contributed by atoms with Crippen LogP contribution in [-0.2, 0) is 22.3 Å². The molecular weight excluding hydrogens is 545 g/mol. The zero-order valence-corrected chi connectivity index (χ0v) is 23.1. The number of halogens is 5. The second kappa shape index (κ2) is 11.4. The highest BCUT2D eigenvalue weighted by Gasteiger charge is 2.35. The lowest BCUT2D eigenvalue weighted by molar-refractivity contribution is -0.155. The first-order chi connectivity index (χ1) is 19.1. The maximum Gasteiger partial charge on any atom is 0.417 e. The second-order valence-corrected chi connectivity index (χ2v) is 10.7. The number of benzene rings is 3. The van der Waals surface area contributed by atoms with E-state index >= 15 is 0 Å². The lowest BCUT2D eigenvalue weighted by Crippen LogP contribution is -2.32. The van der Waals surface area contributed by atoms with Gasteiger partial charge < -0.3 is 9.26 Å². The highest BCUT2D eigenvalue weighted by molar-refractivity contribution is 5.75. The van der Waals surface area contributed by atoms with E-state index in [-0.39, 0.29) is 47.1 Å². The van der Waals surface area contributed by atoms with Gasteiger partial charge in [-0.1, -0.05) is 35.5 Å². The molecule has 0 saturated carbocycles. The van der Waals surface area contributed by atoms with Crippen LogP contribution in [0.5, 0.6) is 0 Å². The molecule has 0 N–H and O–H groups in total. The molecule has 0 bridgehead atoms. The Bertz CT molecular complexity index is 1550. The second-order valence-electron chi connectivity index (χ2n) is 10.7. The Hall–Kier alpha value is -4.12. The molecule has 216 valence electrons. The number of aromatic nitrogens is 2. The van der Waals surface area contributed by atoms with Crippen LogP contribution in [0.1, 0.15) is 37.5 Å². The van der Waals surface area contributed by atoms with E-state index in [0.29, 0.717) is 11.1 Å². The molecule has 0 unspecified atom stereocenters. The molecule has 1 aromatic heterocycles. The smallest absolute Gasteiger partial charge is 0.417 e. The van der Waals surface area contributed by atoms with Crippen molar-refractivity contribution in [1.82, 2.24) is 15.0 Å². The number of hydrogen-bond acceptors (Lipinski definition) is 6. The third kappa shape index (κ3) is 7.15. The molecule has 3 aromatic carbocycles. The molecule has 4 aromatic rings. The number of alkyl halides is 3. The molecule has 4 rings (SSSR count). The summed E-state index contributed by atoms with van der Waals surface area (Å²) in [6.45, 7) is 6.44. The van der Waals surface area contributed by atoms with Crippen molar-refractivity contribution in [2.75, 3.05) is 13.6 Å². The van der Waals surface area contributed by atoms with Gasteiger partial charge in [-0.3, -0.25) is 9.69 Å². The Balaban J connectivity index is 1.59. The van der Waals surface area contributed by atoms with Crippen molar-refractivity contribution in [2.45, 2.75) is 46.0 Å². The summed E-state index contributed by atoms with van der Waals surface area (Å²) >= 11 is 0. The molecule has 0 saturated heterocycles. The van der Waals surface area contributed by atoms with Crippen molar-refractivity contribution in [1.29, 1.82) is 0 Å². The first-order valence-electron chi connectivity index (χ1n) is 12.6. The minimum Gasteiger partial charge on any atom is -0.459 e. The molecule has 6 nitrogen and oxygen atoms in total. The normalized spacial score (nSPS) is 12.2.